The molecule has 3 N–H and O–H groups in total. The molecule has 0 radical (unpaired) electrons. The maximum atomic E-state index is 12.1. The summed E-state index contributed by atoms with van der Waals surface area (Å²) in [6, 6.07) is 11.4. The van der Waals surface area contributed by atoms with Gasteiger partial charge in [0.2, 0.25) is 5.91 Å². The van der Waals surface area contributed by atoms with Gasteiger partial charge in [-0.2, -0.15) is 0 Å². The topological polar surface area (TPSA) is 55.1 Å². The average Bonchev–Trinajstić information content (AvgIpc) is 2.37. The first-order chi connectivity index (χ1) is 9.45. The monoisotopic (exact) mass is 332 g/mol. The molecule has 0 saturated heterocycles. The highest BCUT2D eigenvalue weighted by molar-refractivity contribution is 9.10. The fraction of sp³-hybridized carbons (Fsp3) is 0.188. The molecule has 2 rings (SSSR count). The van der Waals surface area contributed by atoms with Crippen molar-refractivity contribution in [3.05, 3.63) is 57.6 Å². The Morgan fingerprint density at radius 2 is 1.90 bits per heavy atom. The molecule has 0 unspecified atom stereocenters. The zero-order valence-electron chi connectivity index (χ0n) is 11.5. The van der Waals surface area contributed by atoms with E-state index >= 15 is 0 Å². The van der Waals surface area contributed by atoms with Crippen LogP contribution < -0.4 is 11.1 Å². The molecule has 0 aromatic heterocycles. The number of amides is 1. The third-order valence-electron chi connectivity index (χ3n) is 3.20. The van der Waals surface area contributed by atoms with Crippen molar-refractivity contribution in [2.45, 2.75) is 20.3 Å². The van der Waals surface area contributed by atoms with Gasteiger partial charge in [0, 0.05) is 10.2 Å². The molecular formula is C16H17BrN2O. The van der Waals surface area contributed by atoms with Crippen LogP contribution in [0.4, 0.5) is 11.4 Å². The predicted octanol–water partition coefficient (Wildman–Crippen LogP) is 3.83. The van der Waals surface area contributed by atoms with E-state index in [4.69, 9.17) is 5.73 Å². The lowest BCUT2D eigenvalue weighted by Gasteiger charge is -2.09. The lowest BCUT2D eigenvalue weighted by Crippen LogP contribution is -2.15. The number of nitrogen functional groups attached to an aromatic ring is 1. The lowest BCUT2D eigenvalue weighted by atomic mass is 10.0. The molecule has 0 aliphatic heterocycles. The molecular weight excluding hydrogens is 316 g/mol. The summed E-state index contributed by atoms with van der Waals surface area (Å²) in [5.41, 5.74) is 10.5. The predicted molar refractivity (Wildman–Crippen MR) is 86.8 cm³/mol. The molecule has 1 amide bonds. The lowest BCUT2D eigenvalue weighted by molar-refractivity contribution is -0.115. The molecule has 0 bridgehead atoms. The van der Waals surface area contributed by atoms with Gasteiger partial charge in [0.05, 0.1) is 12.1 Å². The first kappa shape index (κ1) is 14.6. The van der Waals surface area contributed by atoms with E-state index in [1.165, 1.54) is 11.1 Å². The highest BCUT2D eigenvalue weighted by atomic mass is 79.9. The van der Waals surface area contributed by atoms with Crippen molar-refractivity contribution in [1.29, 1.82) is 0 Å². The van der Waals surface area contributed by atoms with Crippen LogP contribution in [0, 0.1) is 13.8 Å². The second kappa shape index (κ2) is 6.09. The molecule has 4 heteroatoms. The first-order valence-corrected chi connectivity index (χ1v) is 7.16. The van der Waals surface area contributed by atoms with Crippen LogP contribution >= 0.6 is 15.9 Å². The molecule has 0 heterocycles. The molecule has 3 nitrogen and oxygen atoms in total. The Labute approximate surface area is 127 Å². The average molecular weight is 333 g/mol. The third-order valence-corrected chi connectivity index (χ3v) is 3.86. The molecule has 0 spiro atoms. The van der Waals surface area contributed by atoms with Crippen LogP contribution in [0.3, 0.4) is 0 Å². The van der Waals surface area contributed by atoms with Gasteiger partial charge in [-0.1, -0.05) is 18.2 Å². The summed E-state index contributed by atoms with van der Waals surface area (Å²) in [4.78, 5) is 12.1. The van der Waals surface area contributed by atoms with Gasteiger partial charge >= 0.3 is 0 Å². The Bertz CT molecular complexity index is 653. The Kier molecular flexibility index (Phi) is 4.45. The van der Waals surface area contributed by atoms with E-state index in [1.54, 1.807) is 18.2 Å². The van der Waals surface area contributed by atoms with Gasteiger partial charge in [0.25, 0.3) is 0 Å². The minimum atomic E-state index is -0.0428. The number of anilines is 2. The summed E-state index contributed by atoms with van der Waals surface area (Å²) >= 11 is 3.39. The Morgan fingerprint density at radius 1 is 1.15 bits per heavy atom. The fourth-order valence-corrected chi connectivity index (χ4v) is 2.42. The van der Waals surface area contributed by atoms with Crippen molar-refractivity contribution in [1.82, 2.24) is 0 Å². The maximum absolute atomic E-state index is 12.1. The number of benzene rings is 2. The molecule has 0 aliphatic rings. The Hall–Kier alpha value is -1.81. The van der Waals surface area contributed by atoms with E-state index in [0.717, 1.165) is 15.7 Å². The summed E-state index contributed by atoms with van der Waals surface area (Å²) in [6.07, 6.45) is 0.359. The number of carbonyl (C=O) groups is 1. The number of rotatable bonds is 3. The van der Waals surface area contributed by atoms with E-state index in [9.17, 15) is 4.79 Å². The van der Waals surface area contributed by atoms with Gasteiger partial charge in [-0.3, -0.25) is 4.79 Å². The highest BCUT2D eigenvalue weighted by Gasteiger charge is 2.07. The van der Waals surface area contributed by atoms with Crippen molar-refractivity contribution in [2.75, 3.05) is 11.1 Å². The fourth-order valence-electron chi connectivity index (χ4n) is 1.93. The third kappa shape index (κ3) is 3.61. The number of nitrogens with two attached hydrogens (primary N) is 1. The SMILES string of the molecule is Cc1ccc(CC(=O)Nc2ccc(N)cc2Br)cc1C. The maximum Gasteiger partial charge on any atom is 0.228 e. The van der Waals surface area contributed by atoms with Gasteiger partial charge in [-0.25, -0.2) is 0 Å². The first-order valence-electron chi connectivity index (χ1n) is 6.36. The number of halogens is 1. The van der Waals surface area contributed by atoms with E-state index in [1.807, 2.05) is 25.1 Å². The van der Waals surface area contributed by atoms with Gasteiger partial charge < -0.3 is 11.1 Å². The normalized spacial score (nSPS) is 10.3. The van der Waals surface area contributed by atoms with Crippen LogP contribution in [0.2, 0.25) is 0 Å². The van der Waals surface area contributed by atoms with E-state index in [2.05, 4.69) is 28.2 Å². The molecule has 104 valence electrons. The van der Waals surface area contributed by atoms with Crippen molar-refractivity contribution in [3.8, 4) is 0 Å². The summed E-state index contributed by atoms with van der Waals surface area (Å²) < 4.78 is 0.783. The molecule has 0 aliphatic carbocycles. The number of hydrogen-bond donors (Lipinski definition) is 2. The van der Waals surface area contributed by atoms with Crippen LogP contribution in [0.5, 0.6) is 0 Å². The zero-order valence-corrected chi connectivity index (χ0v) is 13.1. The van der Waals surface area contributed by atoms with Crippen molar-refractivity contribution >= 4 is 33.2 Å². The summed E-state index contributed by atoms with van der Waals surface area (Å²) in [5.74, 6) is -0.0428. The smallest absolute Gasteiger partial charge is 0.228 e. The van der Waals surface area contributed by atoms with E-state index in [0.29, 0.717) is 12.1 Å². The Morgan fingerprint density at radius 3 is 2.55 bits per heavy atom. The zero-order chi connectivity index (χ0) is 14.7. The number of hydrogen-bond acceptors (Lipinski definition) is 2. The Balaban J connectivity index is 2.07. The molecule has 20 heavy (non-hydrogen) atoms. The van der Waals surface area contributed by atoms with Gasteiger partial charge in [0.1, 0.15) is 0 Å². The second-order valence-corrected chi connectivity index (χ2v) is 5.74. The van der Waals surface area contributed by atoms with Crippen molar-refractivity contribution in [2.24, 2.45) is 0 Å². The number of aryl methyl sites for hydroxylation is 2. The largest absolute Gasteiger partial charge is 0.399 e. The summed E-state index contributed by atoms with van der Waals surface area (Å²) in [7, 11) is 0. The quantitative estimate of drug-likeness (QED) is 0.839. The molecule has 0 fully saturated rings. The minimum Gasteiger partial charge on any atom is -0.399 e. The van der Waals surface area contributed by atoms with Crippen LogP contribution in [0.1, 0.15) is 16.7 Å². The van der Waals surface area contributed by atoms with Crippen LogP contribution in [0.25, 0.3) is 0 Å². The van der Waals surface area contributed by atoms with Gasteiger partial charge in [-0.15, -0.1) is 0 Å². The van der Waals surface area contributed by atoms with E-state index in [-0.39, 0.29) is 5.91 Å². The highest BCUT2D eigenvalue weighted by Crippen LogP contribution is 2.24. The molecule has 0 saturated carbocycles. The van der Waals surface area contributed by atoms with Gasteiger partial charge in [-0.05, 0) is 64.7 Å². The molecule has 0 atom stereocenters. The molecule has 2 aromatic carbocycles. The minimum absolute atomic E-state index is 0.0428. The number of carbonyl (C=O) groups excluding carboxylic acids is 1. The number of nitrogens with one attached hydrogen (secondary N) is 1. The summed E-state index contributed by atoms with van der Waals surface area (Å²) in [5, 5.41) is 2.88. The van der Waals surface area contributed by atoms with Crippen LogP contribution in [-0.4, -0.2) is 5.91 Å². The summed E-state index contributed by atoms with van der Waals surface area (Å²) in [6.45, 7) is 4.11. The van der Waals surface area contributed by atoms with Crippen LogP contribution in [-0.2, 0) is 11.2 Å². The van der Waals surface area contributed by atoms with Gasteiger partial charge in [0.15, 0.2) is 0 Å². The second-order valence-electron chi connectivity index (χ2n) is 4.88. The van der Waals surface area contributed by atoms with Crippen molar-refractivity contribution in [3.63, 3.8) is 0 Å². The standard InChI is InChI=1S/C16H17BrN2O/c1-10-3-4-12(7-11(10)2)8-16(20)19-15-6-5-13(18)9-14(15)17/h3-7,9H,8,18H2,1-2H3,(H,19,20). The van der Waals surface area contributed by atoms with E-state index < -0.39 is 0 Å². The van der Waals surface area contributed by atoms with Crippen molar-refractivity contribution < 1.29 is 4.79 Å². The molecule has 2 aromatic rings. The van der Waals surface area contributed by atoms with Crippen LogP contribution in [0.15, 0.2) is 40.9 Å².